The van der Waals surface area contributed by atoms with E-state index in [1.165, 1.54) is 0 Å². The molecule has 0 N–H and O–H groups in total. The van der Waals surface area contributed by atoms with Gasteiger partial charge in [0.05, 0.1) is 6.04 Å². The molecule has 0 spiro atoms. The van der Waals surface area contributed by atoms with Crippen LogP contribution in [0.25, 0.3) is 0 Å². The third-order valence-electron chi connectivity index (χ3n) is 3.36. The van der Waals surface area contributed by atoms with Gasteiger partial charge in [0.1, 0.15) is 0 Å². The molecule has 2 aromatic carbocycles. The summed E-state index contributed by atoms with van der Waals surface area (Å²) in [7, 11) is 0. The fraction of sp³-hybridized carbons (Fsp3) is 0.0556. The third-order valence-corrected chi connectivity index (χ3v) is 3.36. The molecule has 0 unspecified atom stereocenters. The van der Waals surface area contributed by atoms with Crippen molar-refractivity contribution < 1.29 is 0 Å². The highest BCUT2D eigenvalue weighted by molar-refractivity contribution is 5.32. The van der Waals surface area contributed by atoms with E-state index in [2.05, 4.69) is 24.3 Å². The summed E-state index contributed by atoms with van der Waals surface area (Å²) in [5, 5.41) is 0. The molecule has 0 fully saturated rings. The summed E-state index contributed by atoms with van der Waals surface area (Å²) in [5.74, 6) is 0. The van der Waals surface area contributed by atoms with E-state index < -0.39 is 0 Å². The molecule has 3 aromatic rings. The Morgan fingerprint density at radius 2 is 1.15 bits per heavy atom. The van der Waals surface area contributed by atoms with Gasteiger partial charge in [0.15, 0.2) is 0 Å². The first-order chi connectivity index (χ1) is 9.86. The van der Waals surface area contributed by atoms with Crippen molar-refractivity contribution in [2.75, 3.05) is 0 Å². The number of benzene rings is 2. The lowest BCUT2D eigenvalue weighted by atomic mass is 9.98. The van der Waals surface area contributed by atoms with Gasteiger partial charge in [-0.2, -0.15) is 0 Å². The minimum Gasteiger partial charge on any atom is -0.304 e. The zero-order valence-corrected chi connectivity index (χ0v) is 11.0. The Hall–Kier alpha value is -2.61. The molecule has 0 aliphatic rings. The Bertz CT molecular complexity index is 692. The van der Waals surface area contributed by atoms with E-state index in [0.29, 0.717) is 0 Å². The summed E-state index contributed by atoms with van der Waals surface area (Å²) in [6.07, 6.45) is 1.84. The van der Waals surface area contributed by atoms with Crippen LogP contribution >= 0.6 is 0 Å². The lowest BCUT2D eigenvalue weighted by molar-refractivity contribution is 0.650. The fourth-order valence-corrected chi connectivity index (χ4v) is 2.44. The molecule has 1 heterocycles. The first-order valence-corrected chi connectivity index (χ1v) is 6.63. The largest absolute Gasteiger partial charge is 0.304 e. The highest BCUT2D eigenvalue weighted by Gasteiger charge is 2.16. The molecule has 0 amide bonds. The van der Waals surface area contributed by atoms with E-state index in [0.717, 1.165) is 11.1 Å². The average Bonchev–Trinajstić information content (AvgIpc) is 2.52. The number of pyridine rings is 1. The lowest BCUT2D eigenvalue weighted by Gasteiger charge is -2.20. The lowest BCUT2D eigenvalue weighted by Crippen LogP contribution is -2.24. The molecule has 0 atom stereocenters. The monoisotopic (exact) mass is 261 g/mol. The molecule has 98 valence electrons. The Morgan fingerprint density at radius 3 is 1.65 bits per heavy atom. The van der Waals surface area contributed by atoms with E-state index in [-0.39, 0.29) is 11.6 Å². The highest BCUT2D eigenvalue weighted by atomic mass is 16.1. The van der Waals surface area contributed by atoms with Crippen molar-refractivity contribution in [3.05, 3.63) is 107 Å². The van der Waals surface area contributed by atoms with Gasteiger partial charge in [0.2, 0.25) is 0 Å². The molecule has 2 nitrogen and oxygen atoms in total. The van der Waals surface area contributed by atoms with E-state index in [1.807, 2.05) is 48.7 Å². The van der Waals surface area contributed by atoms with Gasteiger partial charge in [-0.05, 0) is 17.2 Å². The Balaban J connectivity index is 2.20. The zero-order chi connectivity index (χ0) is 13.8. The highest BCUT2D eigenvalue weighted by Crippen LogP contribution is 2.24. The van der Waals surface area contributed by atoms with Crippen molar-refractivity contribution in [1.29, 1.82) is 0 Å². The molecule has 0 aliphatic heterocycles. The van der Waals surface area contributed by atoms with Gasteiger partial charge >= 0.3 is 0 Å². The van der Waals surface area contributed by atoms with Gasteiger partial charge in [0, 0.05) is 12.3 Å². The van der Waals surface area contributed by atoms with Crippen molar-refractivity contribution in [1.82, 2.24) is 4.57 Å². The molecule has 20 heavy (non-hydrogen) atoms. The van der Waals surface area contributed by atoms with Gasteiger partial charge < -0.3 is 4.57 Å². The second-order valence-corrected chi connectivity index (χ2v) is 4.67. The standard InChI is InChI=1S/C18H15NO/c20-17-13-7-8-14-19(17)18(15-9-3-1-4-10-15)16-11-5-2-6-12-16/h1-14,18H. The Morgan fingerprint density at radius 1 is 0.650 bits per heavy atom. The molecule has 2 heteroatoms. The molecule has 1 aromatic heterocycles. The van der Waals surface area contributed by atoms with Crippen molar-refractivity contribution in [3.63, 3.8) is 0 Å². The second kappa shape index (κ2) is 5.57. The number of hydrogen-bond donors (Lipinski definition) is 0. The van der Waals surface area contributed by atoms with Crippen LogP contribution in [0.2, 0.25) is 0 Å². The SMILES string of the molecule is O=c1ccccn1C(c1ccccc1)c1ccccc1. The molecular weight excluding hydrogens is 246 g/mol. The van der Waals surface area contributed by atoms with Crippen LogP contribution in [0, 0.1) is 0 Å². The number of aromatic nitrogens is 1. The topological polar surface area (TPSA) is 22.0 Å². The molecular formula is C18H15NO. The van der Waals surface area contributed by atoms with Crippen molar-refractivity contribution in [2.45, 2.75) is 6.04 Å². The predicted molar refractivity (Wildman–Crippen MR) is 80.8 cm³/mol. The molecule has 3 rings (SSSR count). The molecule has 0 aliphatic carbocycles. The summed E-state index contributed by atoms with van der Waals surface area (Å²) in [4.78, 5) is 12.2. The molecule has 0 saturated carbocycles. The van der Waals surface area contributed by atoms with Gasteiger partial charge in [-0.1, -0.05) is 66.7 Å². The number of hydrogen-bond acceptors (Lipinski definition) is 1. The smallest absolute Gasteiger partial charge is 0.251 e. The van der Waals surface area contributed by atoms with E-state index in [1.54, 1.807) is 16.7 Å². The summed E-state index contributed by atoms with van der Waals surface area (Å²) in [6.45, 7) is 0. The summed E-state index contributed by atoms with van der Waals surface area (Å²) < 4.78 is 1.77. The van der Waals surface area contributed by atoms with Crippen LogP contribution in [0.5, 0.6) is 0 Å². The second-order valence-electron chi connectivity index (χ2n) is 4.67. The van der Waals surface area contributed by atoms with Crippen LogP contribution in [0.4, 0.5) is 0 Å². The molecule has 0 saturated heterocycles. The van der Waals surface area contributed by atoms with Crippen molar-refractivity contribution >= 4 is 0 Å². The quantitative estimate of drug-likeness (QED) is 0.707. The maximum Gasteiger partial charge on any atom is 0.251 e. The third kappa shape index (κ3) is 2.41. The predicted octanol–water partition coefficient (Wildman–Crippen LogP) is 3.49. The number of nitrogens with zero attached hydrogens (tertiary/aromatic N) is 1. The maximum absolute atomic E-state index is 12.2. The van der Waals surface area contributed by atoms with Crippen molar-refractivity contribution in [3.8, 4) is 0 Å². The van der Waals surface area contributed by atoms with E-state index >= 15 is 0 Å². The van der Waals surface area contributed by atoms with Crippen LogP contribution < -0.4 is 5.56 Å². The van der Waals surface area contributed by atoms with Crippen LogP contribution in [-0.2, 0) is 0 Å². The molecule has 0 radical (unpaired) electrons. The summed E-state index contributed by atoms with van der Waals surface area (Å²) in [6, 6.07) is 25.3. The number of rotatable bonds is 3. The van der Waals surface area contributed by atoms with E-state index in [9.17, 15) is 4.79 Å². The summed E-state index contributed by atoms with van der Waals surface area (Å²) >= 11 is 0. The van der Waals surface area contributed by atoms with E-state index in [4.69, 9.17) is 0 Å². The zero-order valence-electron chi connectivity index (χ0n) is 11.0. The van der Waals surface area contributed by atoms with Crippen LogP contribution in [0.1, 0.15) is 17.2 Å². The normalized spacial score (nSPS) is 10.7. The first-order valence-electron chi connectivity index (χ1n) is 6.63. The van der Waals surface area contributed by atoms with Crippen LogP contribution in [0.15, 0.2) is 89.9 Å². The first kappa shape index (κ1) is 12.4. The minimum absolute atomic E-state index is 0.00482. The van der Waals surface area contributed by atoms with Crippen LogP contribution in [0.3, 0.4) is 0 Å². The fourth-order valence-electron chi connectivity index (χ4n) is 2.44. The van der Waals surface area contributed by atoms with Crippen molar-refractivity contribution in [2.24, 2.45) is 0 Å². The van der Waals surface area contributed by atoms with Gasteiger partial charge in [-0.3, -0.25) is 4.79 Å². The summed E-state index contributed by atoms with van der Waals surface area (Å²) in [5.41, 5.74) is 2.21. The maximum atomic E-state index is 12.2. The van der Waals surface area contributed by atoms with Gasteiger partial charge in [-0.15, -0.1) is 0 Å². The minimum atomic E-state index is -0.0916. The average molecular weight is 261 g/mol. The molecule has 0 bridgehead atoms. The van der Waals surface area contributed by atoms with Gasteiger partial charge in [0.25, 0.3) is 5.56 Å². The Kier molecular flexibility index (Phi) is 3.46. The van der Waals surface area contributed by atoms with Gasteiger partial charge in [-0.25, -0.2) is 0 Å². The van der Waals surface area contributed by atoms with Crippen LogP contribution in [-0.4, -0.2) is 4.57 Å². The Labute approximate surface area is 118 Å².